The SMILES string of the molecule is O=C(CCSc1ccc(Cl)cc1)NCC1CCCCC1. The van der Waals surface area contributed by atoms with Crippen molar-refractivity contribution in [2.45, 2.75) is 43.4 Å². The fourth-order valence-corrected chi connectivity index (χ4v) is 3.51. The fourth-order valence-electron chi connectivity index (χ4n) is 2.53. The van der Waals surface area contributed by atoms with Crippen LogP contribution in [0.3, 0.4) is 0 Å². The molecule has 0 saturated heterocycles. The minimum Gasteiger partial charge on any atom is -0.356 e. The number of thioether (sulfide) groups is 1. The molecule has 0 radical (unpaired) electrons. The van der Waals surface area contributed by atoms with E-state index in [1.54, 1.807) is 11.8 Å². The molecular weight excluding hydrogens is 290 g/mol. The molecule has 0 spiro atoms. The lowest BCUT2D eigenvalue weighted by Gasteiger charge is -2.21. The molecule has 1 fully saturated rings. The van der Waals surface area contributed by atoms with Crippen molar-refractivity contribution in [2.24, 2.45) is 5.92 Å². The number of benzene rings is 1. The quantitative estimate of drug-likeness (QED) is 0.783. The maximum absolute atomic E-state index is 11.8. The summed E-state index contributed by atoms with van der Waals surface area (Å²) in [6, 6.07) is 7.75. The maximum Gasteiger partial charge on any atom is 0.220 e. The number of halogens is 1. The molecule has 2 rings (SSSR count). The van der Waals surface area contributed by atoms with E-state index in [4.69, 9.17) is 11.6 Å². The molecule has 20 heavy (non-hydrogen) atoms. The van der Waals surface area contributed by atoms with Gasteiger partial charge in [-0.05, 0) is 43.0 Å². The summed E-state index contributed by atoms with van der Waals surface area (Å²) in [6.07, 6.45) is 7.15. The van der Waals surface area contributed by atoms with Gasteiger partial charge in [0.1, 0.15) is 0 Å². The third kappa shape index (κ3) is 5.76. The Morgan fingerprint density at radius 3 is 2.60 bits per heavy atom. The maximum atomic E-state index is 11.8. The molecule has 1 aliphatic rings. The molecule has 1 amide bonds. The molecule has 1 N–H and O–H groups in total. The second-order valence-electron chi connectivity index (χ2n) is 5.36. The van der Waals surface area contributed by atoms with Crippen molar-refractivity contribution in [3.05, 3.63) is 29.3 Å². The minimum atomic E-state index is 0.178. The Labute approximate surface area is 130 Å². The Hall–Kier alpha value is -0.670. The molecule has 1 aliphatic carbocycles. The monoisotopic (exact) mass is 311 g/mol. The van der Waals surface area contributed by atoms with Gasteiger partial charge in [0.05, 0.1) is 0 Å². The van der Waals surface area contributed by atoms with Gasteiger partial charge in [-0.25, -0.2) is 0 Å². The summed E-state index contributed by atoms with van der Waals surface area (Å²) in [6.45, 7) is 0.866. The standard InChI is InChI=1S/C16H22ClNOS/c17-14-6-8-15(9-7-14)20-11-10-16(19)18-12-13-4-2-1-3-5-13/h6-9,13H,1-5,10-12H2,(H,18,19). The van der Waals surface area contributed by atoms with Crippen LogP contribution in [0.2, 0.25) is 5.02 Å². The van der Waals surface area contributed by atoms with Crippen molar-refractivity contribution in [2.75, 3.05) is 12.3 Å². The number of nitrogens with one attached hydrogen (secondary N) is 1. The smallest absolute Gasteiger partial charge is 0.220 e. The fraction of sp³-hybridized carbons (Fsp3) is 0.562. The number of rotatable bonds is 6. The van der Waals surface area contributed by atoms with Gasteiger partial charge in [-0.1, -0.05) is 30.9 Å². The molecule has 0 atom stereocenters. The van der Waals surface area contributed by atoms with Crippen LogP contribution in [0.25, 0.3) is 0 Å². The number of hydrogen-bond donors (Lipinski definition) is 1. The van der Waals surface area contributed by atoms with Crippen LogP contribution in [0.5, 0.6) is 0 Å². The van der Waals surface area contributed by atoms with Crippen LogP contribution in [0, 0.1) is 5.92 Å². The van der Waals surface area contributed by atoms with Gasteiger partial charge < -0.3 is 5.32 Å². The molecule has 2 nitrogen and oxygen atoms in total. The lowest BCUT2D eigenvalue weighted by Crippen LogP contribution is -2.30. The van der Waals surface area contributed by atoms with Crippen LogP contribution < -0.4 is 5.32 Å². The Balaban J connectivity index is 1.58. The molecule has 0 aromatic heterocycles. The normalized spacial score (nSPS) is 16.1. The highest BCUT2D eigenvalue weighted by molar-refractivity contribution is 7.99. The van der Waals surface area contributed by atoms with Crippen molar-refractivity contribution in [1.82, 2.24) is 5.32 Å². The van der Waals surface area contributed by atoms with E-state index in [9.17, 15) is 4.79 Å². The van der Waals surface area contributed by atoms with Crippen LogP contribution >= 0.6 is 23.4 Å². The van der Waals surface area contributed by atoms with Gasteiger partial charge in [-0.15, -0.1) is 11.8 Å². The summed E-state index contributed by atoms with van der Waals surface area (Å²) in [5.41, 5.74) is 0. The summed E-state index contributed by atoms with van der Waals surface area (Å²) < 4.78 is 0. The van der Waals surface area contributed by atoms with Crippen LogP contribution in [0.4, 0.5) is 0 Å². The second-order valence-corrected chi connectivity index (χ2v) is 6.97. The number of hydrogen-bond acceptors (Lipinski definition) is 2. The lowest BCUT2D eigenvalue weighted by atomic mass is 9.89. The highest BCUT2D eigenvalue weighted by Gasteiger charge is 2.14. The molecule has 1 saturated carbocycles. The van der Waals surface area contributed by atoms with E-state index in [0.717, 1.165) is 22.2 Å². The van der Waals surface area contributed by atoms with Gasteiger partial charge >= 0.3 is 0 Å². The first-order valence-electron chi connectivity index (χ1n) is 7.39. The van der Waals surface area contributed by atoms with Crippen molar-refractivity contribution < 1.29 is 4.79 Å². The molecule has 4 heteroatoms. The Morgan fingerprint density at radius 1 is 1.20 bits per heavy atom. The molecular formula is C16H22ClNOS. The van der Waals surface area contributed by atoms with Crippen LogP contribution in [-0.4, -0.2) is 18.2 Å². The molecule has 1 aromatic rings. The summed E-state index contributed by atoms with van der Waals surface area (Å²) in [5, 5.41) is 3.82. The highest BCUT2D eigenvalue weighted by Crippen LogP contribution is 2.23. The number of carbonyl (C=O) groups is 1. The Morgan fingerprint density at radius 2 is 1.90 bits per heavy atom. The molecule has 0 heterocycles. The average Bonchev–Trinajstić information content (AvgIpc) is 2.48. The van der Waals surface area contributed by atoms with E-state index in [-0.39, 0.29) is 5.91 Å². The molecule has 110 valence electrons. The summed E-state index contributed by atoms with van der Waals surface area (Å²) >= 11 is 7.54. The lowest BCUT2D eigenvalue weighted by molar-refractivity contribution is -0.120. The van der Waals surface area contributed by atoms with Gasteiger partial charge in [0, 0.05) is 28.6 Å². The van der Waals surface area contributed by atoms with E-state index in [2.05, 4.69) is 5.32 Å². The predicted molar refractivity (Wildman–Crippen MR) is 86.4 cm³/mol. The van der Waals surface area contributed by atoms with Gasteiger partial charge in [0.15, 0.2) is 0 Å². The largest absolute Gasteiger partial charge is 0.356 e. The summed E-state index contributed by atoms with van der Waals surface area (Å²) in [5.74, 6) is 1.70. The first-order valence-corrected chi connectivity index (χ1v) is 8.75. The van der Waals surface area contributed by atoms with Crippen LogP contribution in [0.1, 0.15) is 38.5 Å². The van der Waals surface area contributed by atoms with Gasteiger partial charge in [0.25, 0.3) is 0 Å². The van der Waals surface area contributed by atoms with Crippen molar-refractivity contribution in [3.63, 3.8) is 0 Å². The Bertz CT molecular complexity index is 415. The summed E-state index contributed by atoms with van der Waals surface area (Å²) in [7, 11) is 0. The number of amides is 1. The average molecular weight is 312 g/mol. The summed E-state index contributed by atoms with van der Waals surface area (Å²) in [4.78, 5) is 12.9. The second kappa shape index (κ2) is 8.58. The first-order chi connectivity index (χ1) is 9.74. The van der Waals surface area contributed by atoms with E-state index in [1.807, 2.05) is 24.3 Å². The van der Waals surface area contributed by atoms with Crippen molar-refractivity contribution in [3.8, 4) is 0 Å². The van der Waals surface area contributed by atoms with Gasteiger partial charge in [-0.3, -0.25) is 4.79 Å². The molecule has 0 unspecified atom stereocenters. The Kier molecular flexibility index (Phi) is 6.74. The van der Waals surface area contributed by atoms with Crippen LogP contribution in [0.15, 0.2) is 29.2 Å². The van der Waals surface area contributed by atoms with E-state index in [1.165, 1.54) is 32.1 Å². The zero-order valence-electron chi connectivity index (χ0n) is 11.7. The van der Waals surface area contributed by atoms with Gasteiger partial charge in [-0.2, -0.15) is 0 Å². The third-order valence-electron chi connectivity index (χ3n) is 3.72. The molecule has 1 aromatic carbocycles. The van der Waals surface area contributed by atoms with Gasteiger partial charge in [0.2, 0.25) is 5.91 Å². The zero-order valence-corrected chi connectivity index (χ0v) is 13.3. The third-order valence-corrected chi connectivity index (χ3v) is 4.99. The number of carbonyl (C=O) groups excluding carboxylic acids is 1. The van der Waals surface area contributed by atoms with E-state index < -0.39 is 0 Å². The topological polar surface area (TPSA) is 29.1 Å². The zero-order chi connectivity index (χ0) is 14.2. The van der Waals surface area contributed by atoms with Crippen molar-refractivity contribution >= 4 is 29.3 Å². The highest BCUT2D eigenvalue weighted by atomic mass is 35.5. The van der Waals surface area contributed by atoms with E-state index in [0.29, 0.717) is 12.3 Å². The van der Waals surface area contributed by atoms with Crippen LogP contribution in [-0.2, 0) is 4.79 Å². The predicted octanol–water partition coefficient (Wildman–Crippen LogP) is 4.52. The molecule has 0 bridgehead atoms. The van der Waals surface area contributed by atoms with Crippen molar-refractivity contribution in [1.29, 1.82) is 0 Å². The van der Waals surface area contributed by atoms with E-state index >= 15 is 0 Å². The first kappa shape index (κ1) is 15.7. The molecule has 0 aliphatic heterocycles. The minimum absolute atomic E-state index is 0.178.